The molecule has 2 saturated heterocycles. The summed E-state index contributed by atoms with van der Waals surface area (Å²) in [6.07, 6.45) is 2.40. The summed E-state index contributed by atoms with van der Waals surface area (Å²) in [5.74, 6) is 0. The first-order valence-electron chi connectivity index (χ1n) is 9.20. The minimum atomic E-state index is 0.900. The summed E-state index contributed by atoms with van der Waals surface area (Å²) in [5.41, 5.74) is 5.94. The molecule has 2 aliphatic rings. The predicted octanol–water partition coefficient (Wildman–Crippen LogP) is 4.04. The van der Waals surface area contributed by atoms with Crippen molar-refractivity contribution in [3.8, 4) is 0 Å². The Balaban J connectivity index is 1.39. The molecule has 2 fully saturated rings. The molecule has 0 radical (unpaired) electrons. The number of thiophene rings is 2. The summed E-state index contributed by atoms with van der Waals surface area (Å²) in [4.78, 5) is 5.18. The summed E-state index contributed by atoms with van der Waals surface area (Å²) < 4.78 is 5.44. The van der Waals surface area contributed by atoms with E-state index < -0.39 is 0 Å². The monoisotopic (exact) mass is 374 g/mol. The summed E-state index contributed by atoms with van der Waals surface area (Å²) in [6, 6.07) is 4.55. The van der Waals surface area contributed by atoms with Crippen LogP contribution in [-0.4, -0.2) is 62.3 Å². The van der Waals surface area contributed by atoms with Crippen LogP contribution in [0.15, 0.2) is 39.2 Å². The number of likely N-dealkylation sites (tertiary alicyclic amines) is 1. The van der Waals surface area contributed by atoms with Crippen LogP contribution in [0.3, 0.4) is 0 Å². The van der Waals surface area contributed by atoms with Gasteiger partial charge >= 0.3 is 0 Å². The molecule has 0 bridgehead atoms. The van der Waals surface area contributed by atoms with Crippen LogP contribution in [0, 0.1) is 0 Å². The van der Waals surface area contributed by atoms with Gasteiger partial charge in [0.2, 0.25) is 0 Å². The Morgan fingerprint density at radius 3 is 1.92 bits per heavy atom. The maximum Gasteiger partial charge on any atom is 0.0594 e. The van der Waals surface area contributed by atoms with E-state index in [-0.39, 0.29) is 0 Å². The Morgan fingerprint density at radius 2 is 1.40 bits per heavy atom. The Kier molecular flexibility index (Phi) is 6.00. The third-order valence-corrected chi connectivity index (χ3v) is 6.64. The quantitative estimate of drug-likeness (QED) is 0.786. The third kappa shape index (κ3) is 4.41. The van der Waals surface area contributed by atoms with E-state index >= 15 is 0 Å². The molecule has 0 amide bonds. The van der Waals surface area contributed by atoms with Crippen LogP contribution in [-0.2, 0) is 4.74 Å². The second-order valence-electron chi connectivity index (χ2n) is 6.80. The van der Waals surface area contributed by atoms with E-state index in [0.717, 1.165) is 26.3 Å². The van der Waals surface area contributed by atoms with Crippen LogP contribution in [0.5, 0.6) is 0 Å². The zero-order chi connectivity index (χ0) is 16.9. The molecule has 2 aromatic rings. The van der Waals surface area contributed by atoms with Crippen molar-refractivity contribution in [2.45, 2.75) is 12.8 Å². The van der Waals surface area contributed by atoms with Gasteiger partial charge in [-0.3, -0.25) is 4.90 Å². The highest BCUT2D eigenvalue weighted by Gasteiger charge is 2.20. The van der Waals surface area contributed by atoms with Crippen molar-refractivity contribution in [3.63, 3.8) is 0 Å². The van der Waals surface area contributed by atoms with Gasteiger partial charge in [0.25, 0.3) is 0 Å². The standard InChI is InChI=1S/C20H26N2OS2/c1-5-21(7-8-22-9-11-23-12-10-22)6-2-17(1)20(18-3-13-24-15-18)19-4-14-25-16-19/h3-4,13-16H,1-2,5-12H2. The summed E-state index contributed by atoms with van der Waals surface area (Å²) in [5, 5.41) is 8.98. The van der Waals surface area contributed by atoms with Crippen LogP contribution in [0.4, 0.5) is 0 Å². The van der Waals surface area contributed by atoms with Gasteiger partial charge in [-0.1, -0.05) is 5.57 Å². The van der Waals surface area contributed by atoms with E-state index in [2.05, 4.69) is 43.5 Å². The van der Waals surface area contributed by atoms with E-state index in [0.29, 0.717) is 0 Å². The van der Waals surface area contributed by atoms with E-state index in [4.69, 9.17) is 4.74 Å². The molecule has 2 aromatic heterocycles. The van der Waals surface area contributed by atoms with Crippen LogP contribution in [0.25, 0.3) is 5.57 Å². The molecule has 134 valence electrons. The molecular formula is C20H26N2OS2. The molecular weight excluding hydrogens is 348 g/mol. The number of morpholine rings is 1. The molecule has 0 aliphatic carbocycles. The molecule has 4 rings (SSSR count). The van der Waals surface area contributed by atoms with Crippen molar-refractivity contribution in [1.82, 2.24) is 9.80 Å². The molecule has 0 N–H and O–H groups in total. The lowest BCUT2D eigenvalue weighted by atomic mass is 9.91. The van der Waals surface area contributed by atoms with Crippen LogP contribution < -0.4 is 0 Å². The fraction of sp³-hybridized carbons (Fsp3) is 0.500. The molecule has 3 nitrogen and oxygen atoms in total. The fourth-order valence-electron chi connectivity index (χ4n) is 3.79. The van der Waals surface area contributed by atoms with Crippen molar-refractivity contribution in [3.05, 3.63) is 50.4 Å². The van der Waals surface area contributed by atoms with Gasteiger partial charge in [0, 0.05) is 39.3 Å². The van der Waals surface area contributed by atoms with Gasteiger partial charge in [0.15, 0.2) is 0 Å². The molecule has 0 spiro atoms. The Morgan fingerprint density at radius 1 is 0.840 bits per heavy atom. The van der Waals surface area contributed by atoms with Crippen LogP contribution in [0.1, 0.15) is 24.0 Å². The summed E-state index contributed by atoms with van der Waals surface area (Å²) in [7, 11) is 0. The summed E-state index contributed by atoms with van der Waals surface area (Å²) >= 11 is 3.59. The van der Waals surface area contributed by atoms with E-state index in [1.165, 1.54) is 55.7 Å². The van der Waals surface area contributed by atoms with Crippen molar-refractivity contribution < 1.29 is 4.74 Å². The maximum absolute atomic E-state index is 5.44. The first kappa shape index (κ1) is 17.4. The molecule has 0 atom stereocenters. The second-order valence-corrected chi connectivity index (χ2v) is 8.36. The maximum atomic E-state index is 5.44. The molecule has 0 saturated carbocycles. The predicted molar refractivity (Wildman–Crippen MR) is 108 cm³/mol. The van der Waals surface area contributed by atoms with E-state index in [9.17, 15) is 0 Å². The summed E-state index contributed by atoms with van der Waals surface area (Å²) in [6.45, 7) is 8.76. The van der Waals surface area contributed by atoms with Gasteiger partial charge in [-0.2, -0.15) is 22.7 Å². The molecule has 0 aromatic carbocycles. The largest absolute Gasteiger partial charge is 0.379 e. The highest BCUT2D eigenvalue weighted by atomic mass is 32.1. The third-order valence-electron chi connectivity index (χ3n) is 5.27. The van der Waals surface area contributed by atoms with E-state index in [1.54, 1.807) is 28.2 Å². The average molecular weight is 375 g/mol. The molecule has 25 heavy (non-hydrogen) atoms. The topological polar surface area (TPSA) is 15.7 Å². The fourth-order valence-corrected chi connectivity index (χ4v) is 5.09. The number of rotatable bonds is 5. The number of nitrogens with zero attached hydrogens (tertiary/aromatic N) is 2. The van der Waals surface area contributed by atoms with Crippen molar-refractivity contribution in [2.24, 2.45) is 0 Å². The van der Waals surface area contributed by atoms with Crippen LogP contribution >= 0.6 is 22.7 Å². The smallest absolute Gasteiger partial charge is 0.0594 e. The normalized spacial score (nSPS) is 20.1. The van der Waals surface area contributed by atoms with Crippen molar-refractivity contribution in [2.75, 3.05) is 52.5 Å². The first-order valence-corrected chi connectivity index (χ1v) is 11.1. The minimum Gasteiger partial charge on any atom is -0.379 e. The number of ether oxygens (including phenoxy) is 1. The molecule has 2 aliphatic heterocycles. The zero-order valence-corrected chi connectivity index (χ0v) is 16.3. The average Bonchev–Trinajstić information content (AvgIpc) is 3.37. The lowest BCUT2D eigenvalue weighted by Gasteiger charge is -2.33. The van der Waals surface area contributed by atoms with Crippen molar-refractivity contribution in [1.29, 1.82) is 0 Å². The number of hydrogen-bond acceptors (Lipinski definition) is 5. The van der Waals surface area contributed by atoms with Crippen LogP contribution in [0.2, 0.25) is 0 Å². The Bertz CT molecular complexity index is 626. The van der Waals surface area contributed by atoms with Gasteiger partial charge in [0.1, 0.15) is 0 Å². The number of hydrogen-bond donors (Lipinski definition) is 0. The lowest BCUT2D eigenvalue weighted by molar-refractivity contribution is 0.0330. The lowest BCUT2D eigenvalue weighted by Crippen LogP contribution is -2.42. The Labute approximate surface area is 158 Å². The Hall–Kier alpha value is -0.980. The van der Waals surface area contributed by atoms with E-state index in [1.807, 2.05) is 0 Å². The van der Waals surface area contributed by atoms with Gasteiger partial charge in [-0.15, -0.1) is 0 Å². The molecule has 5 heteroatoms. The van der Waals surface area contributed by atoms with Gasteiger partial charge in [0.05, 0.1) is 13.2 Å². The first-order chi connectivity index (χ1) is 12.4. The highest BCUT2D eigenvalue weighted by Crippen LogP contribution is 2.34. The highest BCUT2D eigenvalue weighted by molar-refractivity contribution is 7.08. The van der Waals surface area contributed by atoms with Gasteiger partial charge < -0.3 is 9.64 Å². The van der Waals surface area contributed by atoms with Gasteiger partial charge in [-0.05, 0) is 63.2 Å². The van der Waals surface area contributed by atoms with Crippen molar-refractivity contribution >= 4 is 28.2 Å². The SMILES string of the molecule is c1cc(C(=C2CCN(CCN3CCOCC3)CC2)c2ccsc2)cs1. The molecule has 0 unspecified atom stereocenters. The second kappa shape index (κ2) is 8.60. The number of piperidine rings is 1. The minimum absolute atomic E-state index is 0.900. The zero-order valence-electron chi connectivity index (χ0n) is 14.7. The van der Waals surface area contributed by atoms with Gasteiger partial charge in [-0.25, -0.2) is 0 Å². The molecule has 4 heterocycles.